The molecule has 1 atom stereocenters. The summed E-state index contributed by atoms with van der Waals surface area (Å²) in [5.41, 5.74) is 3.29. The summed E-state index contributed by atoms with van der Waals surface area (Å²) in [6, 6.07) is 0. The van der Waals surface area contributed by atoms with E-state index < -0.39 is 0 Å². The number of hydrogen-bond donors (Lipinski definition) is 0. The van der Waals surface area contributed by atoms with Crippen molar-refractivity contribution >= 4 is 0 Å². The Morgan fingerprint density at radius 2 is 1.90 bits per heavy atom. The van der Waals surface area contributed by atoms with Crippen LogP contribution in [-0.4, -0.2) is 0 Å². The summed E-state index contributed by atoms with van der Waals surface area (Å²) in [6.07, 6.45) is 5.59. The number of allylic oxidation sites excluding steroid dienone is 2. The third-order valence-corrected chi connectivity index (χ3v) is 2.85. The van der Waals surface area contributed by atoms with E-state index in [-0.39, 0.29) is 0 Å². The molecule has 1 aliphatic carbocycles. The fraction of sp³-hybridized carbons (Fsp3) is 0.800. The largest absolute Gasteiger partial charge is 0.0741 e. The van der Waals surface area contributed by atoms with Gasteiger partial charge in [0.15, 0.2) is 0 Å². The first-order valence-corrected chi connectivity index (χ1v) is 4.38. The molecule has 1 aliphatic rings. The molecular formula is C10H18. The quantitative estimate of drug-likeness (QED) is 0.449. The van der Waals surface area contributed by atoms with Crippen LogP contribution in [0.2, 0.25) is 0 Å². The average Bonchev–Trinajstić information content (AvgIpc) is 2.04. The summed E-state index contributed by atoms with van der Waals surface area (Å²) in [7, 11) is 0. The summed E-state index contributed by atoms with van der Waals surface area (Å²) in [5.74, 6) is 0.850. The van der Waals surface area contributed by atoms with Crippen molar-refractivity contribution < 1.29 is 0 Å². The molecule has 0 aromatic rings. The average molecular weight is 138 g/mol. The van der Waals surface area contributed by atoms with Gasteiger partial charge < -0.3 is 0 Å². The van der Waals surface area contributed by atoms with Crippen molar-refractivity contribution in [2.45, 2.75) is 46.5 Å². The van der Waals surface area contributed by atoms with Crippen LogP contribution in [0.5, 0.6) is 0 Å². The maximum atomic E-state index is 2.35. The summed E-state index contributed by atoms with van der Waals surface area (Å²) in [4.78, 5) is 0. The van der Waals surface area contributed by atoms with Gasteiger partial charge in [-0.05, 0) is 39.0 Å². The van der Waals surface area contributed by atoms with Crippen molar-refractivity contribution in [3.63, 3.8) is 0 Å². The van der Waals surface area contributed by atoms with E-state index in [0.29, 0.717) is 0 Å². The topological polar surface area (TPSA) is 0 Å². The first-order chi connectivity index (χ1) is 4.72. The minimum absolute atomic E-state index is 0.850. The fourth-order valence-electron chi connectivity index (χ4n) is 1.67. The first-order valence-electron chi connectivity index (χ1n) is 4.38. The smallest absolute Gasteiger partial charge is 0.0232 e. The van der Waals surface area contributed by atoms with Crippen molar-refractivity contribution in [3.8, 4) is 0 Å². The molecule has 0 nitrogen and oxygen atoms in total. The van der Waals surface area contributed by atoms with E-state index >= 15 is 0 Å². The van der Waals surface area contributed by atoms with Crippen LogP contribution in [0.15, 0.2) is 11.1 Å². The SMILES string of the molecule is CC1=C(C)C(C)CCCC1. The second-order valence-electron chi connectivity index (χ2n) is 3.61. The van der Waals surface area contributed by atoms with Crippen LogP contribution >= 0.6 is 0 Å². The predicted octanol–water partition coefficient (Wildman–Crippen LogP) is 3.53. The van der Waals surface area contributed by atoms with E-state index in [1.807, 2.05) is 0 Å². The molecule has 0 aromatic carbocycles. The van der Waals surface area contributed by atoms with Crippen molar-refractivity contribution in [1.82, 2.24) is 0 Å². The Kier molecular flexibility index (Phi) is 2.53. The Morgan fingerprint density at radius 3 is 2.60 bits per heavy atom. The van der Waals surface area contributed by atoms with E-state index in [0.717, 1.165) is 5.92 Å². The van der Waals surface area contributed by atoms with E-state index in [1.54, 1.807) is 11.1 Å². The van der Waals surface area contributed by atoms with Crippen molar-refractivity contribution in [2.75, 3.05) is 0 Å². The Hall–Kier alpha value is -0.260. The minimum atomic E-state index is 0.850. The highest BCUT2D eigenvalue weighted by molar-refractivity contribution is 5.13. The van der Waals surface area contributed by atoms with Gasteiger partial charge in [-0.2, -0.15) is 0 Å². The van der Waals surface area contributed by atoms with Gasteiger partial charge in [0.1, 0.15) is 0 Å². The molecule has 1 rings (SSSR count). The van der Waals surface area contributed by atoms with Gasteiger partial charge in [-0.1, -0.05) is 24.5 Å². The lowest BCUT2D eigenvalue weighted by Crippen LogP contribution is -1.94. The Balaban J connectivity index is 2.69. The molecule has 0 spiro atoms. The molecule has 0 saturated carbocycles. The van der Waals surface area contributed by atoms with Crippen molar-refractivity contribution in [3.05, 3.63) is 11.1 Å². The number of rotatable bonds is 0. The molecule has 0 bridgehead atoms. The fourth-order valence-corrected chi connectivity index (χ4v) is 1.67. The zero-order valence-electron chi connectivity index (χ0n) is 7.41. The molecule has 0 aliphatic heterocycles. The maximum absolute atomic E-state index is 2.35. The van der Waals surface area contributed by atoms with E-state index in [1.165, 1.54) is 25.7 Å². The molecule has 0 aromatic heterocycles. The Bertz CT molecular complexity index is 142. The van der Waals surface area contributed by atoms with Crippen molar-refractivity contribution in [1.29, 1.82) is 0 Å². The van der Waals surface area contributed by atoms with Gasteiger partial charge in [-0.3, -0.25) is 0 Å². The lowest BCUT2D eigenvalue weighted by Gasteiger charge is -2.10. The third kappa shape index (κ3) is 1.62. The molecule has 0 heterocycles. The predicted molar refractivity (Wildman–Crippen MR) is 46.0 cm³/mol. The highest BCUT2D eigenvalue weighted by atomic mass is 14.2. The van der Waals surface area contributed by atoms with Crippen LogP contribution in [-0.2, 0) is 0 Å². The van der Waals surface area contributed by atoms with E-state index in [4.69, 9.17) is 0 Å². The molecule has 0 N–H and O–H groups in total. The van der Waals surface area contributed by atoms with Crippen LogP contribution < -0.4 is 0 Å². The summed E-state index contributed by atoms with van der Waals surface area (Å²) < 4.78 is 0. The molecular weight excluding hydrogens is 120 g/mol. The van der Waals surface area contributed by atoms with Gasteiger partial charge in [-0.25, -0.2) is 0 Å². The lowest BCUT2D eigenvalue weighted by molar-refractivity contribution is 0.583. The monoisotopic (exact) mass is 138 g/mol. The Morgan fingerprint density at radius 1 is 1.20 bits per heavy atom. The Labute approximate surface area is 64.3 Å². The van der Waals surface area contributed by atoms with Gasteiger partial charge in [0.25, 0.3) is 0 Å². The van der Waals surface area contributed by atoms with Crippen LogP contribution in [0.1, 0.15) is 46.5 Å². The van der Waals surface area contributed by atoms with Crippen LogP contribution in [0.3, 0.4) is 0 Å². The van der Waals surface area contributed by atoms with Gasteiger partial charge in [0.2, 0.25) is 0 Å². The van der Waals surface area contributed by atoms with E-state index in [9.17, 15) is 0 Å². The van der Waals surface area contributed by atoms with Gasteiger partial charge in [0.05, 0.1) is 0 Å². The highest BCUT2D eigenvalue weighted by Crippen LogP contribution is 2.27. The van der Waals surface area contributed by atoms with Crippen LogP contribution in [0.4, 0.5) is 0 Å². The summed E-state index contributed by atoms with van der Waals surface area (Å²) in [5, 5.41) is 0. The summed E-state index contributed by atoms with van der Waals surface area (Å²) >= 11 is 0. The van der Waals surface area contributed by atoms with Gasteiger partial charge >= 0.3 is 0 Å². The number of hydrogen-bond acceptors (Lipinski definition) is 0. The second kappa shape index (κ2) is 3.23. The normalized spacial score (nSPS) is 28.5. The first kappa shape index (κ1) is 7.84. The second-order valence-corrected chi connectivity index (χ2v) is 3.61. The maximum Gasteiger partial charge on any atom is -0.0232 e. The summed E-state index contributed by atoms with van der Waals surface area (Å²) in [6.45, 7) is 6.94. The van der Waals surface area contributed by atoms with Crippen molar-refractivity contribution in [2.24, 2.45) is 5.92 Å². The highest BCUT2D eigenvalue weighted by Gasteiger charge is 2.10. The third-order valence-electron chi connectivity index (χ3n) is 2.85. The molecule has 0 saturated heterocycles. The van der Waals surface area contributed by atoms with E-state index in [2.05, 4.69) is 20.8 Å². The van der Waals surface area contributed by atoms with Gasteiger partial charge in [-0.15, -0.1) is 0 Å². The zero-order valence-corrected chi connectivity index (χ0v) is 7.41. The molecule has 1 unspecified atom stereocenters. The molecule has 0 amide bonds. The van der Waals surface area contributed by atoms with Crippen LogP contribution in [0.25, 0.3) is 0 Å². The molecule has 0 heteroatoms. The minimum Gasteiger partial charge on any atom is -0.0741 e. The standard InChI is InChI=1S/C10H18/c1-8-6-4-5-7-9(2)10(8)3/h8H,4-7H2,1-3H3. The van der Waals surface area contributed by atoms with Gasteiger partial charge in [0, 0.05) is 0 Å². The molecule has 10 heavy (non-hydrogen) atoms. The zero-order chi connectivity index (χ0) is 7.56. The molecule has 0 fully saturated rings. The molecule has 58 valence electrons. The molecule has 0 radical (unpaired) electrons. The lowest BCUT2D eigenvalue weighted by atomic mass is 9.97. The van der Waals surface area contributed by atoms with Crippen LogP contribution in [0, 0.1) is 5.92 Å².